The van der Waals surface area contributed by atoms with Gasteiger partial charge in [-0.25, -0.2) is 4.68 Å². The molecule has 0 bridgehead atoms. The Kier molecular flexibility index (Phi) is 6.71. The molecular formula is C21H17ClN4O4. The Bertz CT molecular complexity index is 1140. The Labute approximate surface area is 176 Å². The van der Waals surface area contributed by atoms with Crippen LogP contribution in [-0.4, -0.2) is 27.2 Å². The van der Waals surface area contributed by atoms with Crippen LogP contribution >= 0.6 is 11.6 Å². The number of carbonyl (C=O) groups is 1. The third-order valence-electron chi connectivity index (χ3n) is 4.16. The first-order valence-corrected chi connectivity index (χ1v) is 9.35. The quantitative estimate of drug-likeness (QED) is 0.355. The summed E-state index contributed by atoms with van der Waals surface area (Å²) in [5, 5.41) is 18.2. The van der Waals surface area contributed by atoms with Gasteiger partial charge in [-0.3, -0.25) is 19.7 Å². The summed E-state index contributed by atoms with van der Waals surface area (Å²) in [6.07, 6.45) is 2.87. The second-order valence-corrected chi connectivity index (χ2v) is 6.70. The first-order valence-electron chi connectivity index (χ1n) is 8.97. The minimum atomic E-state index is -0.488. The van der Waals surface area contributed by atoms with Crippen molar-refractivity contribution < 1.29 is 9.72 Å². The number of aromatic nitrogens is 2. The molecule has 152 valence electrons. The second kappa shape index (κ2) is 9.62. The van der Waals surface area contributed by atoms with Gasteiger partial charge in [0.05, 0.1) is 17.2 Å². The molecule has 30 heavy (non-hydrogen) atoms. The van der Waals surface area contributed by atoms with Crippen LogP contribution in [0.5, 0.6) is 0 Å². The Morgan fingerprint density at radius 3 is 2.47 bits per heavy atom. The first kappa shape index (κ1) is 20.9. The second-order valence-electron chi connectivity index (χ2n) is 6.26. The summed E-state index contributed by atoms with van der Waals surface area (Å²) in [5.74, 6) is -0.352. The highest BCUT2D eigenvalue weighted by Crippen LogP contribution is 2.18. The van der Waals surface area contributed by atoms with Gasteiger partial charge in [0.2, 0.25) is 5.91 Å². The summed E-state index contributed by atoms with van der Waals surface area (Å²) in [6.45, 7) is 0.414. The Balaban J connectivity index is 1.57. The Morgan fingerprint density at radius 1 is 1.10 bits per heavy atom. The molecule has 1 heterocycles. The van der Waals surface area contributed by atoms with E-state index in [-0.39, 0.29) is 30.2 Å². The number of benzene rings is 2. The highest BCUT2D eigenvalue weighted by molar-refractivity contribution is 6.30. The van der Waals surface area contributed by atoms with E-state index in [1.54, 1.807) is 36.4 Å². The fourth-order valence-corrected chi connectivity index (χ4v) is 2.73. The standard InChI is InChI=1S/C21H17ClN4O4/c22-17-6-4-16(5-7-17)19-10-12-21(28)25(24-19)14-13-23-20(27)11-3-15-1-8-18(9-2-15)26(29)30/h1-12H,13-14H2,(H,23,27)/b11-3+. The number of rotatable bonds is 7. The lowest BCUT2D eigenvalue weighted by atomic mass is 10.1. The molecule has 0 fully saturated rings. The van der Waals surface area contributed by atoms with Crippen molar-refractivity contribution in [2.75, 3.05) is 6.54 Å². The van der Waals surface area contributed by atoms with E-state index in [2.05, 4.69) is 10.4 Å². The maximum absolute atomic E-state index is 12.0. The van der Waals surface area contributed by atoms with Crippen LogP contribution in [0.1, 0.15) is 5.56 Å². The number of non-ortho nitro benzene ring substituents is 1. The summed E-state index contributed by atoms with van der Waals surface area (Å²) < 4.78 is 1.28. The number of nitro groups is 1. The molecule has 0 radical (unpaired) electrons. The van der Waals surface area contributed by atoms with Crippen molar-refractivity contribution in [1.29, 1.82) is 0 Å². The number of amides is 1. The number of nitro benzene ring substituents is 1. The predicted molar refractivity (Wildman–Crippen MR) is 114 cm³/mol. The smallest absolute Gasteiger partial charge is 0.269 e. The van der Waals surface area contributed by atoms with Crippen molar-refractivity contribution in [2.45, 2.75) is 6.54 Å². The maximum atomic E-state index is 12.0. The number of hydrogen-bond donors (Lipinski definition) is 1. The Morgan fingerprint density at radius 2 is 1.80 bits per heavy atom. The molecule has 0 saturated heterocycles. The van der Waals surface area contributed by atoms with E-state index in [1.165, 1.54) is 29.0 Å². The van der Waals surface area contributed by atoms with E-state index >= 15 is 0 Å². The molecule has 3 rings (SSSR count). The molecule has 0 aliphatic heterocycles. The van der Waals surface area contributed by atoms with E-state index in [0.717, 1.165) is 5.56 Å². The van der Waals surface area contributed by atoms with Crippen LogP contribution in [0.3, 0.4) is 0 Å². The molecular weight excluding hydrogens is 408 g/mol. The average Bonchev–Trinajstić information content (AvgIpc) is 2.74. The average molecular weight is 425 g/mol. The van der Waals surface area contributed by atoms with Crippen molar-refractivity contribution in [2.24, 2.45) is 0 Å². The van der Waals surface area contributed by atoms with Crippen LogP contribution in [0.25, 0.3) is 17.3 Å². The molecule has 0 aliphatic rings. The van der Waals surface area contributed by atoms with Crippen LogP contribution < -0.4 is 10.9 Å². The summed E-state index contributed by atoms with van der Waals surface area (Å²) in [7, 11) is 0. The molecule has 8 nitrogen and oxygen atoms in total. The van der Waals surface area contributed by atoms with Crippen molar-refractivity contribution in [3.05, 3.63) is 97.8 Å². The zero-order valence-electron chi connectivity index (χ0n) is 15.7. The molecule has 0 saturated carbocycles. The van der Waals surface area contributed by atoms with Crippen molar-refractivity contribution in [3.63, 3.8) is 0 Å². The van der Waals surface area contributed by atoms with E-state index < -0.39 is 4.92 Å². The van der Waals surface area contributed by atoms with Crippen LogP contribution in [-0.2, 0) is 11.3 Å². The first-order chi connectivity index (χ1) is 14.4. The van der Waals surface area contributed by atoms with E-state index in [1.807, 2.05) is 12.1 Å². The lowest BCUT2D eigenvalue weighted by molar-refractivity contribution is -0.384. The van der Waals surface area contributed by atoms with Crippen molar-refractivity contribution in [1.82, 2.24) is 15.1 Å². The normalized spacial score (nSPS) is 10.8. The van der Waals surface area contributed by atoms with Crippen LogP contribution in [0.15, 0.2) is 71.5 Å². The molecule has 9 heteroatoms. The number of nitrogens with one attached hydrogen (secondary N) is 1. The highest BCUT2D eigenvalue weighted by atomic mass is 35.5. The van der Waals surface area contributed by atoms with Crippen molar-refractivity contribution in [3.8, 4) is 11.3 Å². The Hall–Kier alpha value is -3.78. The minimum Gasteiger partial charge on any atom is -0.351 e. The molecule has 1 aromatic heterocycles. The van der Waals surface area contributed by atoms with E-state index in [0.29, 0.717) is 16.3 Å². The summed E-state index contributed by atoms with van der Waals surface area (Å²) in [6, 6.07) is 16.0. The third kappa shape index (κ3) is 5.62. The summed E-state index contributed by atoms with van der Waals surface area (Å²) in [4.78, 5) is 34.1. The SMILES string of the molecule is O=C(/C=C/c1ccc([N+](=O)[O-])cc1)NCCn1nc(-c2ccc(Cl)cc2)ccc1=O. The summed E-state index contributed by atoms with van der Waals surface area (Å²) in [5.41, 5.74) is 1.81. The molecule has 0 spiro atoms. The molecule has 0 atom stereocenters. The predicted octanol–water partition coefficient (Wildman–Crippen LogP) is 3.30. The maximum Gasteiger partial charge on any atom is 0.269 e. The van der Waals surface area contributed by atoms with E-state index in [9.17, 15) is 19.7 Å². The molecule has 1 N–H and O–H groups in total. The lowest BCUT2D eigenvalue weighted by Gasteiger charge is -2.08. The largest absolute Gasteiger partial charge is 0.351 e. The lowest BCUT2D eigenvalue weighted by Crippen LogP contribution is -2.31. The van der Waals surface area contributed by atoms with Gasteiger partial charge in [0.15, 0.2) is 0 Å². The van der Waals surface area contributed by atoms with Gasteiger partial charge < -0.3 is 5.32 Å². The zero-order chi connectivity index (χ0) is 21.5. The fourth-order valence-electron chi connectivity index (χ4n) is 2.61. The minimum absolute atomic E-state index is 0.0182. The summed E-state index contributed by atoms with van der Waals surface area (Å²) >= 11 is 5.89. The molecule has 0 aliphatic carbocycles. The molecule has 0 unspecified atom stereocenters. The van der Waals surface area contributed by atoms with Crippen molar-refractivity contribution >= 4 is 29.3 Å². The number of halogens is 1. The number of nitrogens with zero attached hydrogens (tertiary/aromatic N) is 3. The highest BCUT2D eigenvalue weighted by Gasteiger charge is 2.05. The number of carbonyl (C=O) groups excluding carboxylic acids is 1. The molecule has 1 amide bonds. The topological polar surface area (TPSA) is 107 Å². The van der Waals surface area contributed by atoms with Gasteiger partial charge >= 0.3 is 0 Å². The van der Waals surface area contributed by atoms with Crippen LogP contribution in [0.2, 0.25) is 5.02 Å². The third-order valence-corrected chi connectivity index (χ3v) is 4.41. The van der Waals surface area contributed by atoms with Crippen LogP contribution in [0.4, 0.5) is 5.69 Å². The number of hydrogen-bond acceptors (Lipinski definition) is 5. The van der Waals surface area contributed by atoms with Gasteiger partial charge in [-0.05, 0) is 42.0 Å². The van der Waals surface area contributed by atoms with Gasteiger partial charge in [0, 0.05) is 41.4 Å². The fraction of sp³-hybridized carbons (Fsp3) is 0.0952. The van der Waals surface area contributed by atoms with Gasteiger partial charge in [0.1, 0.15) is 0 Å². The zero-order valence-corrected chi connectivity index (χ0v) is 16.5. The molecule has 2 aromatic carbocycles. The van der Waals surface area contributed by atoms with Gasteiger partial charge in [-0.15, -0.1) is 0 Å². The van der Waals surface area contributed by atoms with Crippen LogP contribution in [0, 0.1) is 10.1 Å². The van der Waals surface area contributed by atoms with E-state index in [4.69, 9.17) is 11.6 Å². The molecule has 3 aromatic rings. The van der Waals surface area contributed by atoms with Gasteiger partial charge in [0.25, 0.3) is 11.2 Å². The van der Waals surface area contributed by atoms with Gasteiger partial charge in [-0.2, -0.15) is 5.10 Å². The monoisotopic (exact) mass is 424 g/mol. The van der Waals surface area contributed by atoms with Gasteiger partial charge in [-0.1, -0.05) is 23.7 Å².